The van der Waals surface area contributed by atoms with E-state index in [2.05, 4.69) is 10.3 Å². The molecule has 1 amide bonds. The molecule has 0 radical (unpaired) electrons. The molecule has 6 heteroatoms. The molecule has 0 saturated heterocycles. The molecule has 0 fully saturated rings. The number of nitrogens with zero attached hydrogens (tertiary/aromatic N) is 1. The lowest BCUT2D eigenvalue weighted by atomic mass is 10.2. The van der Waals surface area contributed by atoms with Crippen LogP contribution in [0.15, 0.2) is 36.7 Å². The third-order valence-electron chi connectivity index (χ3n) is 2.93. The molecule has 5 nitrogen and oxygen atoms in total. The molecule has 2 rings (SSSR count). The highest BCUT2D eigenvalue weighted by atomic mass is 35.5. The predicted molar refractivity (Wildman–Crippen MR) is 80.0 cm³/mol. The molecule has 0 saturated carbocycles. The second-order valence-electron chi connectivity index (χ2n) is 4.22. The van der Waals surface area contributed by atoms with Crippen LogP contribution in [-0.4, -0.2) is 25.1 Å². The first kappa shape index (κ1) is 15.1. The fraction of sp³-hybridized carbons (Fsp3) is 0.200. The van der Waals surface area contributed by atoms with Crippen LogP contribution in [0.1, 0.15) is 15.9 Å². The van der Waals surface area contributed by atoms with Gasteiger partial charge >= 0.3 is 0 Å². The number of rotatable bonds is 5. The smallest absolute Gasteiger partial charge is 0.251 e. The number of nitrogens with one attached hydrogen (secondary N) is 1. The fourth-order valence-electron chi connectivity index (χ4n) is 1.81. The van der Waals surface area contributed by atoms with Gasteiger partial charge in [0.05, 0.1) is 14.2 Å². The maximum atomic E-state index is 12.0. The average Bonchev–Trinajstić information content (AvgIpc) is 2.53. The van der Waals surface area contributed by atoms with Gasteiger partial charge < -0.3 is 14.8 Å². The molecule has 1 N–H and O–H groups in total. The normalized spacial score (nSPS) is 10.0. The van der Waals surface area contributed by atoms with Crippen LogP contribution >= 0.6 is 11.6 Å². The lowest BCUT2D eigenvalue weighted by Crippen LogP contribution is -2.22. The molecule has 1 aromatic heterocycles. The van der Waals surface area contributed by atoms with Crippen molar-refractivity contribution in [3.63, 3.8) is 0 Å². The molecule has 1 aromatic carbocycles. The van der Waals surface area contributed by atoms with E-state index < -0.39 is 0 Å². The third kappa shape index (κ3) is 3.64. The summed E-state index contributed by atoms with van der Waals surface area (Å²) in [5.74, 6) is 0.921. The number of aromatic nitrogens is 1. The highest BCUT2D eigenvalue weighted by Crippen LogP contribution is 2.32. The van der Waals surface area contributed by atoms with Gasteiger partial charge in [0, 0.05) is 35.6 Å². The zero-order valence-electron chi connectivity index (χ0n) is 11.7. The minimum absolute atomic E-state index is 0.191. The number of amides is 1. The first-order chi connectivity index (χ1) is 10.2. The van der Waals surface area contributed by atoms with Crippen LogP contribution in [0.25, 0.3) is 0 Å². The quantitative estimate of drug-likeness (QED) is 0.922. The van der Waals surface area contributed by atoms with Crippen molar-refractivity contribution in [2.24, 2.45) is 0 Å². The van der Waals surface area contributed by atoms with Crippen LogP contribution in [-0.2, 0) is 6.54 Å². The summed E-state index contributed by atoms with van der Waals surface area (Å²) in [6, 6.07) is 6.69. The Morgan fingerprint density at radius 2 is 1.81 bits per heavy atom. The van der Waals surface area contributed by atoms with Crippen molar-refractivity contribution in [3.05, 3.63) is 52.8 Å². The van der Waals surface area contributed by atoms with Crippen LogP contribution in [0.3, 0.4) is 0 Å². The highest BCUT2D eigenvalue weighted by Gasteiger charge is 2.11. The molecule has 2 aromatic rings. The Hall–Kier alpha value is -2.27. The Bertz CT molecular complexity index is 632. The van der Waals surface area contributed by atoms with E-state index in [1.54, 1.807) is 50.9 Å². The largest absolute Gasteiger partial charge is 0.493 e. The summed E-state index contributed by atoms with van der Waals surface area (Å²) < 4.78 is 10.4. The van der Waals surface area contributed by atoms with E-state index in [0.717, 1.165) is 5.56 Å². The Kier molecular flexibility index (Phi) is 5.00. The first-order valence-corrected chi connectivity index (χ1v) is 6.62. The Morgan fingerprint density at radius 1 is 1.19 bits per heavy atom. The number of halogens is 1. The van der Waals surface area contributed by atoms with E-state index in [4.69, 9.17) is 21.1 Å². The van der Waals surface area contributed by atoms with Crippen molar-refractivity contribution < 1.29 is 14.3 Å². The van der Waals surface area contributed by atoms with E-state index in [9.17, 15) is 4.79 Å². The van der Waals surface area contributed by atoms with Crippen LogP contribution in [0.2, 0.25) is 5.02 Å². The summed E-state index contributed by atoms with van der Waals surface area (Å²) in [6.07, 6.45) is 3.14. The summed E-state index contributed by atoms with van der Waals surface area (Å²) in [6.45, 7) is 0.292. The molecule has 0 aliphatic carbocycles. The molecule has 21 heavy (non-hydrogen) atoms. The van der Waals surface area contributed by atoms with Gasteiger partial charge in [-0.1, -0.05) is 11.6 Å². The Balaban J connectivity index is 2.11. The van der Waals surface area contributed by atoms with E-state index in [0.29, 0.717) is 28.6 Å². The van der Waals surface area contributed by atoms with Gasteiger partial charge in [0.2, 0.25) is 0 Å². The van der Waals surface area contributed by atoms with Crippen LogP contribution < -0.4 is 14.8 Å². The van der Waals surface area contributed by atoms with Crippen molar-refractivity contribution >= 4 is 17.5 Å². The van der Waals surface area contributed by atoms with Gasteiger partial charge in [-0.25, -0.2) is 0 Å². The van der Waals surface area contributed by atoms with Gasteiger partial charge in [-0.2, -0.15) is 0 Å². The maximum absolute atomic E-state index is 12.0. The number of carbonyl (C=O) groups excluding carboxylic acids is 1. The van der Waals surface area contributed by atoms with Crippen LogP contribution in [0.5, 0.6) is 11.5 Å². The zero-order valence-corrected chi connectivity index (χ0v) is 12.5. The van der Waals surface area contributed by atoms with Gasteiger partial charge in [0.15, 0.2) is 11.5 Å². The first-order valence-electron chi connectivity index (χ1n) is 6.24. The van der Waals surface area contributed by atoms with Crippen LogP contribution in [0, 0.1) is 0 Å². The monoisotopic (exact) mass is 306 g/mol. The number of ether oxygens (including phenoxy) is 2. The summed E-state index contributed by atoms with van der Waals surface area (Å²) in [5, 5.41) is 3.30. The van der Waals surface area contributed by atoms with Crippen molar-refractivity contribution in [1.29, 1.82) is 0 Å². The second-order valence-corrected chi connectivity index (χ2v) is 4.62. The SMILES string of the molecule is COc1cc(Cl)c(CNC(=O)c2ccncc2)cc1OC. The van der Waals surface area contributed by atoms with Crippen molar-refractivity contribution in [2.75, 3.05) is 14.2 Å². The number of hydrogen-bond donors (Lipinski definition) is 1. The standard InChI is InChI=1S/C15H15ClN2O3/c1-20-13-7-11(12(16)8-14(13)21-2)9-18-15(19)10-3-5-17-6-4-10/h3-8H,9H2,1-2H3,(H,18,19). The van der Waals surface area contributed by atoms with Crippen LogP contribution in [0.4, 0.5) is 0 Å². The highest BCUT2D eigenvalue weighted by molar-refractivity contribution is 6.31. The van der Waals surface area contributed by atoms with E-state index in [1.165, 1.54) is 0 Å². The third-order valence-corrected chi connectivity index (χ3v) is 3.29. The van der Waals surface area contributed by atoms with Crippen molar-refractivity contribution in [2.45, 2.75) is 6.54 Å². The molecule has 110 valence electrons. The predicted octanol–water partition coefficient (Wildman–Crippen LogP) is 2.68. The van der Waals surface area contributed by atoms with E-state index >= 15 is 0 Å². The minimum atomic E-state index is -0.191. The minimum Gasteiger partial charge on any atom is -0.493 e. The number of carbonyl (C=O) groups is 1. The summed E-state index contributed by atoms with van der Waals surface area (Å²) in [4.78, 5) is 15.8. The number of benzene rings is 1. The van der Waals surface area contributed by atoms with Gasteiger partial charge in [-0.3, -0.25) is 9.78 Å². The van der Waals surface area contributed by atoms with Gasteiger partial charge in [-0.05, 0) is 23.8 Å². The molecule has 0 spiro atoms. The van der Waals surface area contributed by atoms with E-state index in [-0.39, 0.29) is 5.91 Å². The van der Waals surface area contributed by atoms with Gasteiger partial charge in [-0.15, -0.1) is 0 Å². The molecule has 1 heterocycles. The zero-order chi connectivity index (χ0) is 15.2. The van der Waals surface area contributed by atoms with Gasteiger partial charge in [0.25, 0.3) is 5.91 Å². The summed E-state index contributed by atoms with van der Waals surface area (Å²) in [7, 11) is 3.09. The molecular formula is C15H15ClN2O3. The molecule has 0 aliphatic heterocycles. The summed E-state index contributed by atoms with van der Waals surface area (Å²) >= 11 is 6.17. The fourth-order valence-corrected chi connectivity index (χ4v) is 2.03. The summed E-state index contributed by atoms with van der Waals surface area (Å²) in [5.41, 5.74) is 1.29. The van der Waals surface area contributed by atoms with Crippen molar-refractivity contribution in [3.8, 4) is 11.5 Å². The topological polar surface area (TPSA) is 60.5 Å². The Morgan fingerprint density at radius 3 is 2.43 bits per heavy atom. The molecule has 0 aliphatic rings. The average molecular weight is 307 g/mol. The second kappa shape index (κ2) is 6.95. The number of pyridine rings is 1. The molecule has 0 unspecified atom stereocenters. The van der Waals surface area contributed by atoms with Crippen molar-refractivity contribution in [1.82, 2.24) is 10.3 Å². The van der Waals surface area contributed by atoms with E-state index in [1.807, 2.05) is 0 Å². The number of hydrogen-bond acceptors (Lipinski definition) is 4. The number of methoxy groups -OCH3 is 2. The van der Waals surface area contributed by atoms with Gasteiger partial charge in [0.1, 0.15) is 0 Å². The lowest BCUT2D eigenvalue weighted by Gasteiger charge is -2.12. The Labute approximate surface area is 127 Å². The molecule has 0 atom stereocenters. The molecule has 0 bridgehead atoms. The molecular weight excluding hydrogens is 292 g/mol. The lowest BCUT2D eigenvalue weighted by molar-refractivity contribution is 0.0951. The maximum Gasteiger partial charge on any atom is 0.251 e.